The Morgan fingerprint density at radius 1 is 1.33 bits per heavy atom. The summed E-state index contributed by atoms with van der Waals surface area (Å²) < 4.78 is 5.45. The summed E-state index contributed by atoms with van der Waals surface area (Å²) in [6.45, 7) is 1.87. The van der Waals surface area contributed by atoms with Crippen LogP contribution in [0.25, 0.3) is 0 Å². The zero-order chi connectivity index (χ0) is 10.7. The van der Waals surface area contributed by atoms with Crippen LogP contribution >= 0.6 is 0 Å². The number of hydrogen-bond acceptors (Lipinski definition) is 4. The molecule has 5 nitrogen and oxygen atoms in total. The van der Waals surface area contributed by atoms with E-state index in [1.165, 1.54) is 4.90 Å². The van der Waals surface area contributed by atoms with Crippen molar-refractivity contribution in [1.82, 2.24) is 10.2 Å². The standard InChI is InChI=1S/C10H16N2O3/c13-9-6-11-7-10(14)12(9)4-3-8-2-1-5-15-8/h8,11H,1-7H2. The van der Waals surface area contributed by atoms with Crippen LogP contribution < -0.4 is 5.32 Å². The highest BCUT2D eigenvalue weighted by Crippen LogP contribution is 2.15. The van der Waals surface area contributed by atoms with E-state index >= 15 is 0 Å². The molecule has 0 bridgehead atoms. The Morgan fingerprint density at radius 2 is 2.07 bits per heavy atom. The lowest BCUT2D eigenvalue weighted by Gasteiger charge is -2.26. The monoisotopic (exact) mass is 212 g/mol. The normalized spacial score (nSPS) is 27.5. The molecule has 0 aromatic rings. The van der Waals surface area contributed by atoms with E-state index in [0.29, 0.717) is 6.54 Å². The minimum atomic E-state index is -0.121. The van der Waals surface area contributed by atoms with Crippen LogP contribution in [0.5, 0.6) is 0 Å². The van der Waals surface area contributed by atoms with Gasteiger partial charge in [-0.15, -0.1) is 0 Å². The highest BCUT2D eigenvalue weighted by atomic mass is 16.5. The summed E-state index contributed by atoms with van der Waals surface area (Å²) in [5, 5.41) is 2.77. The van der Waals surface area contributed by atoms with E-state index in [0.717, 1.165) is 25.9 Å². The summed E-state index contributed by atoms with van der Waals surface area (Å²) in [5.41, 5.74) is 0. The van der Waals surface area contributed by atoms with Gasteiger partial charge in [0.15, 0.2) is 0 Å². The molecule has 1 N–H and O–H groups in total. The van der Waals surface area contributed by atoms with E-state index in [1.54, 1.807) is 0 Å². The Hall–Kier alpha value is -0.940. The van der Waals surface area contributed by atoms with E-state index in [1.807, 2.05) is 0 Å². The van der Waals surface area contributed by atoms with Crippen LogP contribution in [-0.2, 0) is 14.3 Å². The lowest BCUT2D eigenvalue weighted by atomic mass is 10.1. The second kappa shape index (κ2) is 4.72. The molecular weight excluding hydrogens is 196 g/mol. The Kier molecular flexibility index (Phi) is 3.33. The first-order valence-corrected chi connectivity index (χ1v) is 5.43. The van der Waals surface area contributed by atoms with Crippen LogP contribution in [0.3, 0.4) is 0 Å². The molecule has 2 aliphatic heterocycles. The van der Waals surface area contributed by atoms with Gasteiger partial charge in [-0.3, -0.25) is 19.8 Å². The molecule has 15 heavy (non-hydrogen) atoms. The van der Waals surface area contributed by atoms with Gasteiger partial charge in [0.05, 0.1) is 19.2 Å². The molecule has 2 fully saturated rings. The van der Waals surface area contributed by atoms with Crippen molar-refractivity contribution in [3.63, 3.8) is 0 Å². The summed E-state index contributed by atoms with van der Waals surface area (Å²) in [7, 11) is 0. The first kappa shape index (κ1) is 10.6. The van der Waals surface area contributed by atoms with Gasteiger partial charge in [0.2, 0.25) is 11.8 Å². The van der Waals surface area contributed by atoms with E-state index in [4.69, 9.17) is 4.74 Å². The molecule has 2 amide bonds. The Balaban J connectivity index is 1.81. The predicted molar refractivity (Wildman–Crippen MR) is 53.2 cm³/mol. The van der Waals surface area contributed by atoms with Crippen molar-refractivity contribution < 1.29 is 14.3 Å². The van der Waals surface area contributed by atoms with Crippen molar-refractivity contribution in [2.75, 3.05) is 26.2 Å². The van der Waals surface area contributed by atoms with Crippen LogP contribution in [0, 0.1) is 0 Å². The molecule has 1 unspecified atom stereocenters. The Labute approximate surface area is 88.8 Å². The molecule has 0 aliphatic carbocycles. The van der Waals surface area contributed by atoms with Gasteiger partial charge in [-0.1, -0.05) is 0 Å². The first-order chi connectivity index (χ1) is 7.27. The third-order valence-corrected chi connectivity index (χ3v) is 2.85. The average molecular weight is 212 g/mol. The molecule has 84 valence electrons. The van der Waals surface area contributed by atoms with Crippen molar-refractivity contribution in [1.29, 1.82) is 0 Å². The van der Waals surface area contributed by atoms with Gasteiger partial charge >= 0.3 is 0 Å². The Morgan fingerprint density at radius 3 is 2.67 bits per heavy atom. The number of hydrogen-bond donors (Lipinski definition) is 1. The van der Waals surface area contributed by atoms with Crippen LogP contribution in [0.2, 0.25) is 0 Å². The molecule has 0 aromatic carbocycles. The molecule has 0 aromatic heterocycles. The number of rotatable bonds is 3. The van der Waals surface area contributed by atoms with Crippen molar-refractivity contribution in [3.8, 4) is 0 Å². The number of nitrogens with one attached hydrogen (secondary N) is 1. The maximum absolute atomic E-state index is 11.4. The molecule has 2 saturated heterocycles. The molecule has 2 aliphatic rings. The largest absolute Gasteiger partial charge is 0.378 e. The Bertz CT molecular complexity index is 245. The number of ether oxygens (including phenoxy) is 1. The molecule has 5 heteroatoms. The van der Waals surface area contributed by atoms with Crippen LogP contribution in [0.15, 0.2) is 0 Å². The number of amides is 2. The molecule has 0 radical (unpaired) electrons. The first-order valence-electron chi connectivity index (χ1n) is 5.43. The fourth-order valence-corrected chi connectivity index (χ4v) is 2.00. The zero-order valence-corrected chi connectivity index (χ0v) is 8.70. The quantitative estimate of drug-likeness (QED) is 0.642. The van der Waals surface area contributed by atoms with Gasteiger partial charge in [-0.05, 0) is 19.3 Å². The summed E-state index contributed by atoms with van der Waals surface area (Å²) in [4.78, 5) is 24.2. The maximum Gasteiger partial charge on any atom is 0.243 e. The zero-order valence-electron chi connectivity index (χ0n) is 8.70. The third-order valence-electron chi connectivity index (χ3n) is 2.85. The van der Waals surface area contributed by atoms with Gasteiger partial charge in [0, 0.05) is 13.2 Å². The number of piperazine rings is 1. The van der Waals surface area contributed by atoms with Crippen molar-refractivity contribution >= 4 is 11.8 Å². The molecular formula is C10H16N2O3. The highest BCUT2D eigenvalue weighted by Gasteiger charge is 2.26. The average Bonchev–Trinajstić information content (AvgIpc) is 2.70. The lowest BCUT2D eigenvalue weighted by molar-refractivity contribution is -0.146. The third kappa shape index (κ3) is 2.54. The van der Waals surface area contributed by atoms with Gasteiger partial charge in [-0.2, -0.15) is 0 Å². The summed E-state index contributed by atoms with van der Waals surface area (Å²) >= 11 is 0. The summed E-state index contributed by atoms with van der Waals surface area (Å²) in [6, 6.07) is 0. The predicted octanol–water partition coefficient (Wildman–Crippen LogP) is -0.486. The van der Waals surface area contributed by atoms with Crippen LogP contribution in [-0.4, -0.2) is 49.1 Å². The minimum absolute atomic E-state index is 0.121. The minimum Gasteiger partial charge on any atom is -0.378 e. The number of nitrogens with zero attached hydrogens (tertiary/aromatic N) is 1. The van der Waals surface area contributed by atoms with E-state index in [-0.39, 0.29) is 31.0 Å². The van der Waals surface area contributed by atoms with Gasteiger partial charge in [0.1, 0.15) is 0 Å². The van der Waals surface area contributed by atoms with E-state index in [9.17, 15) is 9.59 Å². The van der Waals surface area contributed by atoms with E-state index < -0.39 is 0 Å². The topological polar surface area (TPSA) is 58.6 Å². The van der Waals surface area contributed by atoms with Crippen LogP contribution in [0.4, 0.5) is 0 Å². The van der Waals surface area contributed by atoms with Gasteiger partial charge < -0.3 is 4.74 Å². The summed E-state index contributed by atoms with van der Waals surface area (Å²) in [5.74, 6) is -0.242. The second-order valence-electron chi connectivity index (χ2n) is 3.97. The van der Waals surface area contributed by atoms with E-state index in [2.05, 4.69) is 5.32 Å². The SMILES string of the molecule is O=C1CNCC(=O)N1CCC1CCCO1. The van der Waals surface area contributed by atoms with Crippen molar-refractivity contribution in [2.45, 2.75) is 25.4 Å². The molecule has 2 rings (SSSR count). The van der Waals surface area contributed by atoms with Crippen molar-refractivity contribution in [2.24, 2.45) is 0 Å². The molecule has 0 saturated carbocycles. The summed E-state index contributed by atoms with van der Waals surface area (Å²) in [6.07, 6.45) is 3.15. The second-order valence-corrected chi connectivity index (χ2v) is 3.97. The smallest absolute Gasteiger partial charge is 0.243 e. The molecule has 1 atom stereocenters. The van der Waals surface area contributed by atoms with Gasteiger partial charge in [-0.25, -0.2) is 0 Å². The van der Waals surface area contributed by atoms with Crippen LogP contribution in [0.1, 0.15) is 19.3 Å². The lowest BCUT2D eigenvalue weighted by Crippen LogP contribution is -2.52. The van der Waals surface area contributed by atoms with Gasteiger partial charge in [0.25, 0.3) is 0 Å². The fraction of sp³-hybridized carbons (Fsp3) is 0.800. The number of carbonyl (C=O) groups excluding carboxylic acids is 2. The highest BCUT2D eigenvalue weighted by molar-refractivity contribution is 5.99. The van der Waals surface area contributed by atoms with Crippen molar-refractivity contribution in [3.05, 3.63) is 0 Å². The fourth-order valence-electron chi connectivity index (χ4n) is 2.00. The maximum atomic E-state index is 11.4. The number of carbonyl (C=O) groups is 2. The number of imide groups is 1. The molecule has 2 heterocycles. The molecule has 0 spiro atoms.